The molecule has 2 fully saturated rings. The van der Waals surface area contributed by atoms with Crippen molar-refractivity contribution in [2.45, 2.75) is 12.8 Å². The molecular formula is C15H19N3OS. The smallest absolute Gasteiger partial charge is 0.186 e. The van der Waals surface area contributed by atoms with Crippen molar-refractivity contribution in [2.75, 3.05) is 49.2 Å². The molecule has 106 valence electrons. The standard InChI is InChI=1S/C15H19N3OS/c1-2-6-17(5-1)12-3-4-13-14(11-12)20-15(16-13)18-7-9-19-10-8-18/h3-4,11H,1-2,5-10H2. The number of rotatable bonds is 2. The molecule has 2 aliphatic heterocycles. The Morgan fingerprint density at radius 1 is 1.00 bits per heavy atom. The fourth-order valence-corrected chi connectivity index (χ4v) is 4.01. The minimum absolute atomic E-state index is 0.814. The molecule has 0 amide bonds. The van der Waals surface area contributed by atoms with Gasteiger partial charge in [0.05, 0.1) is 23.4 Å². The van der Waals surface area contributed by atoms with E-state index in [1.54, 1.807) is 0 Å². The summed E-state index contributed by atoms with van der Waals surface area (Å²) < 4.78 is 6.71. The van der Waals surface area contributed by atoms with Gasteiger partial charge >= 0.3 is 0 Å². The number of hydrogen-bond donors (Lipinski definition) is 0. The number of ether oxygens (including phenoxy) is 1. The van der Waals surface area contributed by atoms with Gasteiger partial charge in [-0.2, -0.15) is 0 Å². The maximum absolute atomic E-state index is 5.41. The molecule has 0 atom stereocenters. The van der Waals surface area contributed by atoms with Crippen LogP contribution in [0.15, 0.2) is 18.2 Å². The third-order valence-corrected chi connectivity index (χ3v) is 5.19. The second-order valence-electron chi connectivity index (χ2n) is 5.44. The molecule has 5 heteroatoms. The lowest BCUT2D eigenvalue weighted by atomic mass is 10.3. The third kappa shape index (κ3) is 2.25. The Hall–Kier alpha value is -1.33. The molecule has 2 aromatic rings. The van der Waals surface area contributed by atoms with Gasteiger partial charge in [-0.05, 0) is 31.0 Å². The van der Waals surface area contributed by atoms with Crippen LogP contribution in [0.4, 0.5) is 10.8 Å². The van der Waals surface area contributed by atoms with Crippen LogP contribution in [0.25, 0.3) is 10.2 Å². The summed E-state index contributed by atoms with van der Waals surface area (Å²) in [5.41, 5.74) is 2.48. The van der Waals surface area contributed by atoms with Gasteiger partial charge in [-0.25, -0.2) is 4.98 Å². The number of anilines is 2. The molecule has 4 nitrogen and oxygen atoms in total. The Bertz CT molecular complexity index is 600. The quantitative estimate of drug-likeness (QED) is 0.850. The summed E-state index contributed by atoms with van der Waals surface area (Å²) in [6.45, 7) is 5.93. The monoisotopic (exact) mass is 289 g/mol. The normalized spacial score (nSPS) is 20.0. The van der Waals surface area contributed by atoms with Crippen molar-refractivity contribution in [3.05, 3.63) is 18.2 Å². The van der Waals surface area contributed by atoms with Gasteiger partial charge in [-0.3, -0.25) is 0 Å². The van der Waals surface area contributed by atoms with E-state index >= 15 is 0 Å². The van der Waals surface area contributed by atoms with Crippen LogP contribution in [0, 0.1) is 0 Å². The van der Waals surface area contributed by atoms with Crippen LogP contribution in [0.2, 0.25) is 0 Å². The Morgan fingerprint density at radius 3 is 2.60 bits per heavy atom. The lowest BCUT2D eigenvalue weighted by molar-refractivity contribution is 0.122. The zero-order valence-corrected chi connectivity index (χ0v) is 12.4. The Labute approximate surface area is 123 Å². The average Bonchev–Trinajstić information content (AvgIpc) is 3.16. The maximum Gasteiger partial charge on any atom is 0.186 e. The van der Waals surface area contributed by atoms with Crippen molar-refractivity contribution in [2.24, 2.45) is 0 Å². The van der Waals surface area contributed by atoms with Crippen molar-refractivity contribution in [3.63, 3.8) is 0 Å². The van der Waals surface area contributed by atoms with Gasteiger partial charge in [-0.1, -0.05) is 11.3 Å². The summed E-state index contributed by atoms with van der Waals surface area (Å²) in [5, 5.41) is 1.14. The van der Waals surface area contributed by atoms with Crippen LogP contribution >= 0.6 is 11.3 Å². The van der Waals surface area contributed by atoms with E-state index in [0.29, 0.717) is 0 Å². The van der Waals surface area contributed by atoms with Crippen molar-refractivity contribution >= 4 is 32.4 Å². The van der Waals surface area contributed by atoms with E-state index in [9.17, 15) is 0 Å². The first-order valence-electron chi connectivity index (χ1n) is 7.38. The zero-order valence-electron chi connectivity index (χ0n) is 11.5. The number of nitrogens with zero attached hydrogens (tertiary/aromatic N) is 3. The van der Waals surface area contributed by atoms with E-state index in [-0.39, 0.29) is 0 Å². The largest absolute Gasteiger partial charge is 0.378 e. The van der Waals surface area contributed by atoms with Gasteiger partial charge in [0.1, 0.15) is 0 Å². The fourth-order valence-electron chi connectivity index (χ4n) is 2.96. The van der Waals surface area contributed by atoms with E-state index in [0.717, 1.165) is 37.0 Å². The van der Waals surface area contributed by atoms with Crippen LogP contribution in [0.5, 0.6) is 0 Å². The molecule has 0 spiro atoms. The van der Waals surface area contributed by atoms with Crippen LogP contribution < -0.4 is 9.80 Å². The van der Waals surface area contributed by atoms with Gasteiger partial charge < -0.3 is 14.5 Å². The van der Waals surface area contributed by atoms with Crippen LogP contribution in [0.3, 0.4) is 0 Å². The van der Waals surface area contributed by atoms with Crippen LogP contribution in [-0.2, 0) is 4.74 Å². The fraction of sp³-hybridized carbons (Fsp3) is 0.533. The first-order valence-corrected chi connectivity index (χ1v) is 8.20. The predicted octanol–water partition coefficient (Wildman–Crippen LogP) is 2.73. The van der Waals surface area contributed by atoms with Gasteiger partial charge in [0.25, 0.3) is 0 Å². The van der Waals surface area contributed by atoms with Gasteiger partial charge in [0.2, 0.25) is 0 Å². The number of aromatic nitrogens is 1. The topological polar surface area (TPSA) is 28.6 Å². The first kappa shape index (κ1) is 12.4. The summed E-state index contributed by atoms with van der Waals surface area (Å²) in [7, 11) is 0. The van der Waals surface area contributed by atoms with E-state index < -0.39 is 0 Å². The van der Waals surface area contributed by atoms with E-state index in [1.165, 1.54) is 36.3 Å². The van der Waals surface area contributed by atoms with Gasteiger partial charge in [-0.15, -0.1) is 0 Å². The molecule has 2 saturated heterocycles. The van der Waals surface area contributed by atoms with Crippen molar-refractivity contribution in [1.82, 2.24) is 4.98 Å². The van der Waals surface area contributed by atoms with E-state index in [4.69, 9.17) is 9.72 Å². The molecule has 0 N–H and O–H groups in total. The minimum atomic E-state index is 0.814. The summed E-state index contributed by atoms with van der Waals surface area (Å²) in [4.78, 5) is 9.59. The van der Waals surface area contributed by atoms with Gasteiger partial charge in [0, 0.05) is 31.9 Å². The Kier molecular flexibility index (Phi) is 3.24. The second-order valence-corrected chi connectivity index (χ2v) is 6.45. The molecule has 20 heavy (non-hydrogen) atoms. The molecule has 1 aromatic carbocycles. The van der Waals surface area contributed by atoms with Crippen LogP contribution in [-0.4, -0.2) is 44.4 Å². The SMILES string of the molecule is c1cc2nc(N3CCOCC3)sc2cc1N1CCCC1. The molecule has 0 radical (unpaired) electrons. The van der Waals surface area contributed by atoms with Crippen LogP contribution in [0.1, 0.15) is 12.8 Å². The molecule has 0 unspecified atom stereocenters. The van der Waals surface area contributed by atoms with Crippen molar-refractivity contribution in [3.8, 4) is 0 Å². The lowest BCUT2D eigenvalue weighted by Crippen LogP contribution is -2.36. The second kappa shape index (κ2) is 5.22. The molecule has 2 aliphatic rings. The highest BCUT2D eigenvalue weighted by Crippen LogP contribution is 2.32. The number of thiazole rings is 1. The number of morpholine rings is 1. The summed E-state index contributed by atoms with van der Waals surface area (Å²) in [5.74, 6) is 0. The molecule has 0 aliphatic carbocycles. The minimum Gasteiger partial charge on any atom is -0.378 e. The number of hydrogen-bond acceptors (Lipinski definition) is 5. The maximum atomic E-state index is 5.41. The molecule has 3 heterocycles. The predicted molar refractivity (Wildman–Crippen MR) is 84.1 cm³/mol. The van der Waals surface area contributed by atoms with Crippen molar-refractivity contribution < 1.29 is 4.74 Å². The Balaban J connectivity index is 1.64. The van der Waals surface area contributed by atoms with E-state index in [1.807, 2.05) is 11.3 Å². The highest BCUT2D eigenvalue weighted by molar-refractivity contribution is 7.22. The number of benzene rings is 1. The summed E-state index contributed by atoms with van der Waals surface area (Å²) in [6, 6.07) is 6.70. The molecular weight excluding hydrogens is 270 g/mol. The molecule has 4 rings (SSSR count). The number of fused-ring (bicyclic) bond motifs is 1. The van der Waals surface area contributed by atoms with E-state index in [2.05, 4.69) is 28.0 Å². The summed E-state index contributed by atoms with van der Waals surface area (Å²) >= 11 is 1.81. The zero-order chi connectivity index (χ0) is 13.4. The highest BCUT2D eigenvalue weighted by atomic mass is 32.1. The molecule has 1 aromatic heterocycles. The summed E-state index contributed by atoms with van der Waals surface area (Å²) in [6.07, 6.45) is 2.64. The van der Waals surface area contributed by atoms with Gasteiger partial charge in [0.15, 0.2) is 5.13 Å². The molecule has 0 bridgehead atoms. The van der Waals surface area contributed by atoms with Crippen molar-refractivity contribution in [1.29, 1.82) is 0 Å². The lowest BCUT2D eigenvalue weighted by Gasteiger charge is -2.25. The third-order valence-electron chi connectivity index (χ3n) is 4.11. The first-order chi connectivity index (χ1) is 9.90. The Morgan fingerprint density at radius 2 is 1.80 bits per heavy atom. The molecule has 0 saturated carbocycles. The average molecular weight is 289 g/mol. The highest BCUT2D eigenvalue weighted by Gasteiger charge is 2.17.